The quantitative estimate of drug-likeness (QED) is 0.689. The summed E-state index contributed by atoms with van der Waals surface area (Å²) in [7, 11) is 0. The van der Waals surface area contributed by atoms with Crippen LogP contribution in [0.5, 0.6) is 5.75 Å². The van der Waals surface area contributed by atoms with Gasteiger partial charge in [0.15, 0.2) is 0 Å². The molecule has 0 saturated heterocycles. The highest BCUT2D eigenvalue weighted by molar-refractivity contribution is 5.80. The van der Waals surface area contributed by atoms with Gasteiger partial charge in [0.25, 0.3) is 0 Å². The average molecular weight is 326 g/mol. The molecular formula is C21H26O3. The van der Waals surface area contributed by atoms with E-state index < -0.39 is 5.60 Å². The topological polar surface area (TPSA) is 35.5 Å². The van der Waals surface area contributed by atoms with Gasteiger partial charge in [0.2, 0.25) is 5.60 Å². The van der Waals surface area contributed by atoms with Crippen molar-refractivity contribution in [3.8, 4) is 5.75 Å². The van der Waals surface area contributed by atoms with Gasteiger partial charge in [0, 0.05) is 6.42 Å². The van der Waals surface area contributed by atoms with Crippen LogP contribution in [0.3, 0.4) is 0 Å². The number of hydrogen-bond acceptors (Lipinski definition) is 3. The molecule has 1 atom stereocenters. The van der Waals surface area contributed by atoms with Crippen molar-refractivity contribution in [2.75, 3.05) is 6.61 Å². The molecule has 0 aliphatic rings. The van der Waals surface area contributed by atoms with Gasteiger partial charge in [0.1, 0.15) is 5.75 Å². The lowest BCUT2D eigenvalue weighted by atomic mass is 9.96. The number of carbonyl (C=O) groups is 1. The maximum Gasteiger partial charge on any atom is 0.350 e. The van der Waals surface area contributed by atoms with Crippen LogP contribution in [0, 0.1) is 0 Å². The van der Waals surface area contributed by atoms with Crippen LogP contribution in [0.2, 0.25) is 0 Å². The van der Waals surface area contributed by atoms with Crippen LogP contribution in [0.1, 0.15) is 44.7 Å². The van der Waals surface area contributed by atoms with Crippen LogP contribution >= 0.6 is 0 Å². The minimum atomic E-state index is -1.06. The summed E-state index contributed by atoms with van der Waals surface area (Å²) in [5.74, 6) is 0.785. The fourth-order valence-electron chi connectivity index (χ4n) is 2.60. The first kappa shape index (κ1) is 18.1. The summed E-state index contributed by atoms with van der Waals surface area (Å²) in [4.78, 5) is 12.5. The molecule has 3 heteroatoms. The van der Waals surface area contributed by atoms with Gasteiger partial charge in [-0.25, -0.2) is 4.79 Å². The van der Waals surface area contributed by atoms with Crippen LogP contribution in [0.15, 0.2) is 54.6 Å². The monoisotopic (exact) mass is 326 g/mol. The van der Waals surface area contributed by atoms with Gasteiger partial charge in [-0.2, -0.15) is 0 Å². The normalized spacial score (nSPS) is 13.4. The van der Waals surface area contributed by atoms with Gasteiger partial charge in [-0.15, -0.1) is 0 Å². The summed E-state index contributed by atoms with van der Waals surface area (Å²) in [5.41, 5.74) is 1.21. The SMILES string of the molecule is CCOC(=O)C(C)(Cc1ccccc1)Oc1ccc(C(C)C)cc1. The lowest BCUT2D eigenvalue weighted by Crippen LogP contribution is -2.45. The Morgan fingerprint density at radius 2 is 1.67 bits per heavy atom. The molecule has 1 unspecified atom stereocenters. The van der Waals surface area contributed by atoms with Crippen molar-refractivity contribution in [2.24, 2.45) is 0 Å². The minimum Gasteiger partial charge on any atom is -0.476 e. The van der Waals surface area contributed by atoms with E-state index in [2.05, 4.69) is 13.8 Å². The molecular weight excluding hydrogens is 300 g/mol. The Labute approximate surface area is 144 Å². The fourth-order valence-corrected chi connectivity index (χ4v) is 2.60. The molecule has 0 fully saturated rings. The third-order valence-corrected chi connectivity index (χ3v) is 3.98. The predicted octanol–water partition coefficient (Wildman–Crippen LogP) is 4.75. The first-order valence-electron chi connectivity index (χ1n) is 8.44. The Bertz CT molecular complexity index is 647. The molecule has 3 nitrogen and oxygen atoms in total. The highest BCUT2D eigenvalue weighted by Gasteiger charge is 2.37. The molecule has 2 rings (SSSR count). The van der Waals surface area contributed by atoms with Crippen molar-refractivity contribution >= 4 is 5.97 Å². The predicted molar refractivity (Wildman–Crippen MR) is 96.3 cm³/mol. The molecule has 0 spiro atoms. The summed E-state index contributed by atoms with van der Waals surface area (Å²) < 4.78 is 11.3. The molecule has 0 heterocycles. The van der Waals surface area contributed by atoms with Gasteiger partial charge in [-0.05, 0) is 43.0 Å². The molecule has 0 aromatic heterocycles. The van der Waals surface area contributed by atoms with Gasteiger partial charge >= 0.3 is 5.97 Å². The number of ether oxygens (including phenoxy) is 2. The summed E-state index contributed by atoms with van der Waals surface area (Å²) in [5, 5.41) is 0. The third-order valence-electron chi connectivity index (χ3n) is 3.98. The van der Waals surface area contributed by atoms with E-state index in [4.69, 9.17) is 9.47 Å². The Morgan fingerprint density at radius 3 is 2.21 bits per heavy atom. The highest BCUT2D eigenvalue weighted by Crippen LogP contribution is 2.26. The number of carbonyl (C=O) groups excluding carboxylic acids is 1. The van der Waals surface area contributed by atoms with Gasteiger partial charge < -0.3 is 9.47 Å². The van der Waals surface area contributed by atoms with Gasteiger partial charge in [0.05, 0.1) is 6.61 Å². The molecule has 128 valence electrons. The lowest BCUT2D eigenvalue weighted by Gasteiger charge is -2.28. The largest absolute Gasteiger partial charge is 0.476 e. The lowest BCUT2D eigenvalue weighted by molar-refractivity contribution is -0.160. The first-order valence-corrected chi connectivity index (χ1v) is 8.44. The average Bonchev–Trinajstić information content (AvgIpc) is 2.56. The Morgan fingerprint density at radius 1 is 1.04 bits per heavy atom. The van der Waals surface area contributed by atoms with Crippen molar-refractivity contribution in [3.05, 3.63) is 65.7 Å². The van der Waals surface area contributed by atoms with E-state index in [9.17, 15) is 4.79 Å². The number of benzene rings is 2. The summed E-state index contributed by atoms with van der Waals surface area (Å²) in [6.45, 7) is 8.22. The maximum atomic E-state index is 12.5. The van der Waals surface area contributed by atoms with Gasteiger partial charge in [-0.1, -0.05) is 56.3 Å². The molecule has 0 aliphatic carbocycles. The van der Waals surface area contributed by atoms with E-state index in [-0.39, 0.29) is 5.97 Å². The van der Waals surface area contributed by atoms with Crippen LogP contribution in [0.25, 0.3) is 0 Å². The molecule has 24 heavy (non-hydrogen) atoms. The summed E-state index contributed by atoms with van der Waals surface area (Å²) >= 11 is 0. The number of rotatable bonds is 7. The van der Waals surface area contributed by atoms with Crippen molar-refractivity contribution in [3.63, 3.8) is 0 Å². The molecule has 0 radical (unpaired) electrons. The van der Waals surface area contributed by atoms with Crippen LogP contribution in [-0.2, 0) is 16.0 Å². The highest BCUT2D eigenvalue weighted by atomic mass is 16.6. The van der Waals surface area contributed by atoms with Crippen molar-refractivity contribution in [1.29, 1.82) is 0 Å². The molecule has 0 amide bonds. The zero-order valence-corrected chi connectivity index (χ0v) is 14.9. The molecule has 0 saturated carbocycles. The Hall–Kier alpha value is -2.29. The van der Waals surface area contributed by atoms with Crippen LogP contribution in [-0.4, -0.2) is 18.2 Å². The molecule has 0 N–H and O–H groups in total. The minimum absolute atomic E-state index is 0.332. The smallest absolute Gasteiger partial charge is 0.350 e. The van der Waals surface area contributed by atoms with Crippen LogP contribution in [0.4, 0.5) is 0 Å². The van der Waals surface area contributed by atoms with E-state index in [0.717, 1.165) is 5.56 Å². The maximum absolute atomic E-state index is 12.5. The van der Waals surface area contributed by atoms with E-state index in [1.54, 1.807) is 13.8 Å². The van der Waals surface area contributed by atoms with Crippen molar-refractivity contribution < 1.29 is 14.3 Å². The van der Waals surface area contributed by atoms with E-state index >= 15 is 0 Å². The fraction of sp³-hybridized carbons (Fsp3) is 0.381. The van der Waals surface area contributed by atoms with Gasteiger partial charge in [-0.3, -0.25) is 0 Å². The second-order valence-corrected chi connectivity index (χ2v) is 6.44. The van der Waals surface area contributed by atoms with E-state index in [1.807, 2.05) is 54.6 Å². The molecule has 0 bridgehead atoms. The Balaban J connectivity index is 2.23. The van der Waals surface area contributed by atoms with Crippen molar-refractivity contribution in [2.45, 2.75) is 45.6 Å². The Kier molecular flexibility index (Phi) is 6.02. The number of esters is 1. The van der Waals surface area contributed by atoms with E-state index in [1.165, 1.54) is 5.56 Å². The third kappa shape index (κ3) is 4.60. The van der Waals surface area contributed by atoms with E-state index in [0.29, 0.717) is 24.7 Å². The standard InChI is InChI=1S/C21H26O3/c1-5-23-20(22)21(4,15-17-9-7-6-8-10-17)24-19-13-11-18(12-14-19)16(2)3/h6-14,16H,5,15H2,1-4H3. The second kappa shape index (κ2) is 8.00. The molecule has 2 aromatic rings. The molecule has 0 aliphatic heterocycles. The summed E-state index contributed by atoms with van der Waals surface area (Å²) in [6, 6.07) is 17.7. The molecule has 2 aromatic carbocycles. The zero-order chi connectivity index (χ0) is 17.6. The second-order valence-electron chi connectivity index (χ2n) is 6.44. The van der Waals surface area contributed by atoms with Crippen LogP contribution < -0.4 is 4.74 Å². The number of hydrogen-bond donors (Lipinski definition) is 0. The van der Waals surface area contributed by atoms with Crippen molar-refractivity contribution in [1.82, 2.24) is 0 Å². The zero-order valence-electron chi connectivity index (χ0n) is 14.9. The first-order chi connectivity index (χ1) is 11.4. The summed E-state index contributed by atoms with van der Waals surface area (Å²) in [6.07, 6.45) is 0.457.